The highest BCUT2D eigenvalue weighted by atomic mass is 16.5. The average Bonchev–Trinajstić information content (AvgIpc) is 2.79. The van der Waals surface area contributed by atoms with Crippen LogP contribution in [0, 0.1) is 0 Å². The minimum absolute atomic E-state index is 0.192. The van der Waals surface area contributed by atoms with Gasteiger partial charge in [-0.15, -0.1) is 0 Å². The first kappa shape index (κ1) is 18.6. The Kier molecular flexibility index (Phi) is 5.19. The summed E-state index contributed by atoms with van der Waals surface area (Å²) in [6.45, 7) is 2.38. The number of hydrogen-bond acceptors (Lipinski definition) is 7. The van der Waals surface area contributed by atoms with Gasteiger partial charge in [-0.3, -0.25) is 9.59 Å². The summed E-state index contributed by atoms with van der Waals surface area (Å²) in [6.07, 6.45) is 1.55. The van der Waals surface area contributed by atoms with Gasteiger partial charge in [0, 0.05) is 43.9 Å². The summed E-state index contributed by atoms with van der Waals surface area (Å²) in [7, 11) is 1.63. The highest BCUT2D eigenvalue weighted by Gasteiger charge is 2.24. The van der Waals surface area contributed by atoms with Crippen LogP contribution in [0.4, 0.5) is 5.82 Å². The molecule has 1 aliphatic rings. The van der Waals surface area contributed by atoms with E-state index < -0.39 is 0 Å². The minimum Gasteiger partial charge on any atom is -0.497 e. The van der Waals surface area contributed by atoms with Gasteiger partial charge in [-0.05, 0) is 30.3 Å². The quantitative estimate of drug-likeness (QED) is 0.711. The Hall–Kier alpha value is -3.75. The maximum atomic E-state index is 12.5. The van der Waals surface area contributed by atoms with Crippen molar-refractivity contribution in [3.05, 3.63) is 64.8 Å². The molecule has 0 saturated carbocycles. The average molecular weight is 392 g/mol. The second kappa shape index (κ2) is 8.09. The van der Waals surface area contributed by atoms with Crippen molar-refractivity contribution >= 4 is 11.7 Å². The van der Waals surface area contributed by atoms with Crippen molar-refractivity contribution in [2.45, 2.75) is 0 Å². The molecule has 1 saturated heterocycles. The molecule has 0 spiro atoms. The maximum absolute atomic E-state index is 12.5. The Labute approximate surface area is 167 Å². The lowest BCUT2D eigenvalue weighted by Gasteiger charge is -2.35. The number of amides is 1. The van der Waals surface area contributed by atoms with E-state index in [1.807, 2.05) is 30.3 Å². The Morgan fingerprint density at radius 2 is 1.79 bits per heavy atom. The molecule has 1 N–H and O–H groups in total. The van der Waals surface area contributed by atoms with E-state index in [9.17, 15) is 9.59 Å². The number of aromatic nitrogens is 4. The SMILES string of the molecule is COc1ccc(-c2cc(N3CCN(C(=O)c4ccc(=O)[nH]n4)CC3)ncn2)cc1. The number of piperazine rings is 1. The number of hydrogen-bond donors (Lipinski definition) is 1. The van der Waals surface area contributed by atoms with E-state index in [-0.39, 0.29) is 17.2 Å². The van der Waals surface area contributed by atoms with Crippen LogP contribution in [0.2, 0.25) is 0 Å². The van der Waals surface area contributed by atoms with Crippen molar-refractivity contribution in [2.75, 3.05) is 38.2 Å². The molecule has 1 aliphatic heterocycles. The molecule has 3 aromatic rings. The van der Waals surface area contributed by atoms with Crippen molar-refractivity contribution in [3.8, 4) is 17.0 Å². The summed E-state index contributed by atoms with van der Waals surface area (Å²) >= 11 is 0. The lowest BCUT2D eigenvalue weighted by atomic mass is 10.1. The van der Waals surface area contributed by atoms with Crippen LogP contribution in [0.25, 0.3) is 11.3 Å². The lowest BCUT2D eigenvalue weighted by molar-refractivity contribution is 0.0739. The van der Waals surface area contributed by atoms with Crippen LogP contribution < -0.4 is 15.2 Å². The van der Waals surface area contributed by atoms with Gasteiger partial charge >= 0.3 is 0 Å². The second-order valence-corrected chi connectivity index (χ2v) is 6.58. The first-order valence-electron chi connectivity index (χ1n) is 9.20. The fourth-order valence-corrected chi connectivity index (χ4v) is 3.20. The molecule has 9 heteroatoms. The van der Waals surface area contributed by atoms with E-state index in [2.05, 4.69) is 25.1 Å². The molecule has 0 aliphatic carbocycles. The molecular weight excluding hydrogens is 372 g/mol. The number of aromatic amines is 1. The van der Waals surface area contributed by atoms with Crippen molar-refractivity contribution in [2.24, 2.45) is 0 Å². The van der Waals surface area contributed by atoms with Gasteiger partial charge in [0.2, 0.25) is 0 Å². The molecule has 148 valence electrons. The van der Waals surface area contributed by atoms with Crippen molar-refractivity contribution in [3.63, 3.8) is 0 Å². The number of anilines is 1. The third kappa shape index (κ3) is 4.08. The normalized spacial score (nSPS) is 14.0. The zero-order valence-electron chi connectivity index (χ0n) is 15.9. The van der Waals surface area contributed by atoms with Crippen molar-refractivity contribution < 1.29 is 9.53 Å². The molecule has 9 nitrogen and oxygen atoms in total. The molecule has 0 unspecified atom stereocenters. The van der Waals surface area contributed by atoms with Crippen molar-refractivity contribution in [1.29, 1.82) is 0 Å². The van der Waals surface area contributed by atoms with Gasteiger partial charge in [0.1, 0.15) is 23.6 Å². The third-order valence-electron chi connectivity index (χ3n) is 4.83. The minimum atomic E-state index is -0.331. The van der Waals surface area contributed by atoms with Crippen LogP contribution in [-0.2, 0) is 0 Å². The molecule has 1 fully saturated rings. The molecule has 0 atom stereocenters. The summed E-state index contributed by atoms with van der Waals surface area (Å²) in [6, 6.07) is 12.4. The summed E-state index contributed by atoms with van der Waals surface area (Å²) < 4.78 is 5.20. The van der Waals surface area contributed by atoms with Crippen LogP contribution in [0.5, 0.6) is 5.75 Å². The number of nitrogens with zero attached hydrogens (tertiary/aromatic N) is 5. The molecule has 3 heterocycles. The first-order chi connectivity index (χ1) is 14.1. The van der Waals surface area contributed by atoms with Gasteiger partial charge in [-0.25, -0.2) is 15.1 Å². The van der Waals surface area contributed by atoms with E-state index in [0.29, 0.717) is 26.2 Å². The van der Waals surface area contributed by atoms with Gasteiger partial charge in [0.15, 0.2) is 0 Å². The van der Waals surface area contributed by atoms with Gasteiger partial charge in [0.05, 0.1) is 12.8 Å². The summed E-state index contributed by atoms with van der Waals surface area (Å²) in [5.74, 6) is 1.42. The Morgan fingerprint density at radius 3 is 2.45 bits per heavy atom. The Bertz CT molecular complexity index is 1040. The molecule has 1 amide bonds. The van der Waals surface area contributed by atoms with Crippen LogP contribution in [-0.4, -0.2) is 64.3 Å². The number of methoxy groups -OCH3 is 1. The third-order valence-corrected chi connectivity index (χ3v) is 4.83. The van der Waals surface area contributed by atoms with Crippen molar-refractivity contribution in [1.82, 2.24) is 25.1 Å². The fraction of sp³-hybridized carbons (Fsp3) is 0.250. The van der Waals surface area contributed by atoms with E-state index in [1.54, 1.807) is 18.3 Å². The zero-order chi connectivity index (χ0) is 20.2. The van der Waals surface area contributed by atoms with Gasteiger partial charge in [-0.2, -0.15) is 5.10 Å². The topological polar surface area (TPSA) is 104 Å². The smallest absolute Gasteiger partial charge is 0.274 e. The van der Waals surface area contributed by atoms with Crippen LogP contribution in [0.15, 0.2) is 53.6 Å². The number of rotatable bonds is 4. The van der Waals surface area contributed by atoms with Gasteiger partial charge < -0.3 is 14.5 Å². The predicted molar refractivity (Wildman–Crippen MR) is 107 cm³/mol. The molecule has 1 aromatic carbocycles. The Balaban J connectivity index is 1.43. The number of ether oxygens (including phenoxy) is 1. The highest BCUT2D eigenvalue weighted by Crippen LogP contribution is 2.23. The second-order valence-electron chi connectivity index (χ2n) is 6.58. The monoisotopic (exact) mass is 392 g/mol. The number of nitrogens with one attached hydrogen (secondary N) is 1. The molecule has 29 heavy (non-hydrogen) atoms. The molecule has 0 radical (unpaired) electrons. The number of benzene rings is 1. The van der Waals surface area contributed by atoms with Crippen LogP contribution in [0.1, 0.15) is 10.5 Å². The highest BCUT2D eigenvalue weighted by molar-refractivity contribution is 5.92. The van der Waals surface area contributed by atoms with E-state index in [1.165, 1.54) is 12.1 Å². The largest absolute Gasteiger partial charge is 0.497 e. The summed E-state index contributed by atoms with van der Waals surface area (Å²) in [5.41, 5.74) is 1.71. The predicted octanol–water partition coefficient (Wildman–Crippen LogP) is 1.20. The van der Waals surface area contributed by atoms with Gasteiger partial charge in [0.25, 0.3) is 11.5 Å². The zero-order valence-corrected chi connectivity index (χ0v) is 15.9. The number of H-pyrrole nitrogens is 1. The molecule has 0 bridgehead atoms. The summed E-state index contributed by atoms with van der Waals surface area (Å²) in [4.78, 5) is 36.3. The first-order valence-corrected chi connectivity index (χ1v) is 9.20. The number of carbonyl (C=O) groups excluding carboxylic acids is 1. The van der Waals surface area contributed by atoms with Crippen LogP contribution in [0.3, 0.4) is 0 Å². The number of carbonyl (C=O) groups is 1. The van der Waals surface area contributed by atoms with E-state index in [4.69, 9.17) is 4.74 Å². The Morgan fingerprint density at radius 1 is 1.03 bits per heavy atom. The fourth-order valence-electron chi connectivity index (χ4n) is 3.20. The molecule has 4 rings (SSSR count). The van der Waals surface area contributed by atoms with Gasteiger partial charge in [-0.1, -0.05) is 0 Å². The standard InChI is InChI=1S/C20H20N6O3/c1-29-15-4-2-14(3-5-15)17-12-18(22-13-21-17)25-8-10-26(11-9-25)20(28)16-6-7-19(27)24-23-16/h2-7,12-13H,8-11H2,1H3,(H,24,27). The summed E-state index contributed by atoms with van der Waals surface area (Å²) in [5, 5.41) is 6.11. The van der Waals surface area contributed by atoms with E-state index >= 15 is 0 Å². The molecular formula is C20H20N6O3. The maximum Gasteiger partial charge on any atom is 0.274 e. The van der Waals surface area contributed by atoms with Crippen LogP contribution >= 0.6 is 0 Å². The lowest BCUT2D eigenvalue weighted by Crippen LogP contribution is -2.49. The molecule has 2 aromatic heterocycles. The van der Waals surface area contributed by atoms with E-state index in [0.717, 1.165) is 22.8 Å².